The van der Waals surface area contributed by atoms with Crippen LogP contribution in [0.3, 0.4) is 0 Å². The number of rotatable bonds is 3. The maximum absolute atomic E-state index is 12.4. The van der Waals surface area contributed by atoms with Crippen molar-refractivity contribution >= 4 is 0 Å². The van der Waals surface area contributed by atoms with Crippen molar-refractivity contribution in [3.63, 3.8) is 0 Å². The molecule has 2 aromatic rings. The van der Waals surface area contributed by atoms with Crippen molar-refractivity contribution < 1.29 is 9.84 Å². The molecule has 0 saturated carbocycles. The van der Waals surface area contributed by atoms with Gasteiger partial charge in [-0.3, -0.25) is 0 Å². The predicted octanol–water partition coefficient (Wildman–Crippen LogP) is 3.30. The van der Waals surface area contributed by atoms with E-state index in [1.807, 2.05) is 26.0 Å². The van der Waals surface area contributed by atoms with Crippen LogP contribution in [0, 0.1) is 23.5 Å². The van der Waals surface area contributed by atoms with E-state index in [0.717, 1.165) is 10.3 Å². The van der Waals surface area contributed by atoms with Crippen LogP contribution in [0.5, 0.6) is 5.75 Å². The lowest BCUT2D eigenvalue weighted by molar-refractivity contribution is -0.621. The molecule has 1 aromatic heterocycles. The summed E-state index contributed by atoms with van der Waals surface area (Å²) in [4.78, 5) is 0. The number of aromatic nitrogens is 1. The smallest absolute Gasteiger partial charge is 0.204 e. The molecule has 1 heterocycles. The van der Waals surface area contributed by atoms with Crippen LogP contribution in [0.1, 0.15) is 42.3 Å². The second-order valence-electron chi connectivity index (χ2n) is 5.49. The Bertz CT molecular complexity index is 769. The molecule has 0 aliphatic rings. The van der Waals surface area contributed by atoms with Gasteiger partial charge in [-0.2, -0.15) is 9.99 Å². The van der Waals surface area contributed by atoms with Crippen LogP contribution in [0.25, 0.3) is 0 Å². The van der Waals surface area contributed by atoms with E-state index in [1.165, 1.54) is 6.07 Å². The maximum Gasteiger partial charge on any atom is 0.204 e. The number of allylic oxidation sites excluding steroid dienone is 2. The van der Waals surface area contributed by atoms with Gasteiger partial charge < -0.3 is 10.3 Å². The molecule has 22 heavy (non-hydrogen) atoms. The van der Waals surface area contributed by atoms with Gasteiger partial charge in [-0.05, 0) is 38.1 Å². The third kappa shape index (κ3) is 3.09. The van der Waals surface area contributed by atoms with Crippen molar-refractivity contribution in [3.8, 4) is 11.8 Å². The molecular formula is C18H18N2O2. The van der Waals surface area contributed by atoms with Crippen LogP contribution >= 0.6 is 0 Å². The number of hydrogen-bond donors (Lipinski definition) is 1. The molecule has 2 rings (SSSR count). The molecule has 0 fully saturated rings. The van der Waals surface area contributed by atoms with Crippen LogP contribution in [-0.4, -0.2) is 5.11 Å². The van der Waals surface area contributed by atoms with E-state index in [0.29, 0.717) is 22.5 Å². The summed E-state index contributed by atoms with van der Waals surface area (Å²) in [6.45, 7) is 5.61. The summed E-state index contributed by atoms with van der Waals surface area (Å²) in [5.74, 6) is -0.335. The van der Waals surface area contributed by atoms with Crippen LogP contribution in [0.15, 0.2) is 48.0 Å². The first kappa shape index (κ1) is 15.6. The van der Waals surface area contributed by atoms with Gasteiger partial charge >= 0.3 is 0 Å². The number of nitrogens with zero attached hydrogens (tertiary/aromatic N) is 2. The highest BCUT2D eigenvalue weighted by molar-refractivity contribution is 5.47. The van der Waals surface area contributed by atoms with E-state index >= 15 is 0 Å². The first-order chi connectivity index (χ1) is 10.4. The van der Waals surface area contributed by atoms with Gasteiger partial charge in [0.2, 0.25) is 5.69 Å². The van der Waals surface area contributed by atoms with E-state index in [-0.39, 0.29) is 5.75 Å². The predicted molar refractivity (Wildman–Crippen MR) is 84.2 cm³/mol. The summed E-state index contributed by atoms with van der Waals surface area (Å²) in [7, 11) is 0. The first-order valence-corrected chi connectivity index (χ1v) is 7.01. The first-order valence-electron chi connectivity index (χ1n) is 7.01. The van der Waals surface area contributed by atoms with Gasteiger partial charge in [-0.25, -0.2) is 0 Å². The molecule has 0 radical (unpaired) electrons. The number of nitriles is 1. The van der Waals surface area contributed by atoms with Gasteiger partial charge in [0.05, 0.1) is 17.6 Å². The highest BCUT2D eigenvalue weighted by Crippen LogP contribution is 2.32. The lowest BCUT2D eigenvalue weighted by Crippen LogP contribution is -2.36. The van der Waals surface area contributed by atoms with Crippen molar-refractivity contribution in [2.75, 3.05) is 0 Å². The summed E-state index contributed by atoms with van der Waals surface area (Å²) < 4.78 is 0.864. The molecule has 0 amide bonds. The van der Waals surface area contributed by atoms with Gasteiger partial charge in [0, 0.05) is 24.6 Å². The third-order valence-corrected chi connectivity index (χ3v) is 3.47. The van der Waals surface area contributed by atoms with Gasteiger partial charge in [0.15, 0.2) is 5.69 Å². The van der Waals surface area contributed by atoms with Crippen molar-refractivity contribution in [1.82, 2.24) is 0 Å². The van der Waals surface area contributed by atoms with Crippen molar-refractivity contribution in [2.45, 2.75) is 26.7 Å². The molecule has 4 heteroatoms. The molecule has 0 aliphatic heterocycles. The Hall–Kier alpha value is -2.80. The third-order valence-electron chi connectivity index (χ3n) is 3.47. The van der Waals surface area contributed by atoms with E-state index < -0.39 is 5.92 Å². The van der Waals surface area contributed by atoms with Gasteiger partial charge in [0.1, 0.15) is 5.75 Å². The zero-order valence-corrected chi connectivity index (χ0v) is 12.9. The van der Waals surface area contributed by atoms with E-state index in [2.05, 4.69) is 6.07 Å². The lowest BCUT2D eigenvalue weighted by atomic mass is 9.91. The number of hydrogen-bond acceptors (Lipinski definition) is 3. The Labute approximate surface area is 130 Å². The largest absolute Gasteiger partial charge is 0.618 e. The monoisotopic (exact) mass is 294 g/mol. The van der Waals surface area contributed by atoms with Crippen molar-refractivity contribution in [1.29, 1.82) is 5.26 Å². The van der Waals surface area contributed by atoms with Gasteiger partial charge in [-0.15, -0.1) is 0 Å². The van der Waals surface area contributed by atoms with Crippen LogP contribution in [0.2, 0.25) is 0 Å². The lowest BCUT2D eigenvalue weighted by Gasteiger charge is -2.16. The van der Waals surface area contributed by atoms with Crippen molar-refractivity contribution in [3.05, 3.63) is 75.8 Å². The molecule has 1 N–H and O–H groups in total. The van der Waals surface area contributed by atoms with E-state index in [4.69, 9.17) is 5.26 Å². The molecule has 0 spiro atoms. The Morgan fingerprint density at radius 1 is 1.32 bits per heavy atom. The molecule has 1 unspecified atom stereocenters. The van der Waals surface area contributed by atoms with E-state index in [9.17, 15) is 10.3 Å². The highest BCUT2D eigenvalue weighted by Gasteiger charge is 2.23. The molecule has 1 aromatic carbocycles. The maximum atomic E-state index is 12.4. The average molecular weight is 294 g/mol. The number of pyridine rings is 1. The minimum absolute atomic E-state index is 0.0722. The molecule has 112 valence electrons. The Morgan fingerprint density at radius 2 is 2.05 bits per heavy atom. The number of benzene rings is 1. The topological polar surface area (TPSA) is 71.0 Å². The van der Waals surface area contributed by atoms with E-state index in [1.54, 1.807) is 31.2 Å². The number of aromatic hydroxyl groups is 1. The quantitative estimate of drug-likeness (QED) is 0.536. The second kappa shape index (κ2) is 6.31. The van der Waals surface area contributed by atoms with Gasteiger partial charge in [0.25, 0.3) is 0 Å². The SMILES string of the molecule is CC(C)=CC(c1cc(C#N)ccc1O)c1cccc(C)[n+]1[O-]. The fourth-order valence-electron chi connectivity index (χ4n) is 2.40. The zero-order chi connectivity index (χ0) is 16.3. The summed E-state index contributed by atoms with van der Waals surface area (Å²) in [6, 6.07) is 12.0. The molecule has 4 nitrogen and oxygen atoms in total. The minimum atomic E-state index is -0.407. The Kier molecular flexibility index (Phi) is 4.47. The Morgan fingerprint density at radius 3 is 2.68 bits per heavy atom. The number of aryl methyl sites for hydroxylation is 1. The minimum Gasteiger partial charge on any atom is -0.618 e. The number of phenols is 1. The van der Waals surface area contributed by atoms with Gasteiger partial charge in [-0.1, -0.05) is 11.6 Å². The highest BCUT2D eigenvalue weighted by atomic mass is 16.5. The van der Waals surface area contributed by atoms with Crippen molar-refractivity contribution in [2.24, 2.45) is 0 Å². The zero-order valence-electron chi connectivity index (χ0n) is 12.9. The molecule has 0 saturated heterocycles. The summed E-state index contributed by atoms with van der Waals surface area (Å²) in [5.41, 5.74) is 3.13. The van der Waals surface area contributed by atoms with Crippen LogP contribution < -0.4 is 4.73 Å². The Balaban J connectivity index is 2.69. The van der Waals surface area contributed by atoms with Crippen LogP contribution in [0.4, 0.5) is 0 Å². The summed E-state index contributed by atoms with van der Waals surface area (Å²) in [5, 5.41) is 31.6. The number of phenolic OH excluding ortho intramolecular Hbond substituents is 1. The molecule has 0 aliphatic carbocycles. The molecular weight excluding hydrogens is 276 g/mol. The van der Waals surface area contributed by atoms with Crippen LogP contribution in [-0.2, 0) is 0 Å². The normalized spacial score (nSPS) is 11.5. The second-order valence-corrected chi connectivity index (χ2v) is 5.49. The standard InChI is InChI=1S/C18H18N2O2/c1-12(2)9-15(17-6-4-5-13(3)20(17)22)16-10-14(11-19)7-8-18(16)21/h4-10,15,21H,1-3H3. The summed E-state index contributed by atoms with van der Waals surface area (Å²) in [6.07, 6.45) is 1.92. The summed E-state index contributed by atoms with van der Waals surface area (Å²) >= 11 is 0. The average Bonchev–Trinajstić information content (AvgIpc) is 2.48. The fraction of sp³-hybridized carbons (Fsp3) is 0.222. The molecule has 1 atom stereocenters. The molecule has 0 bridgehead atoms. The fourth-order valence-corrected chi connectivity index (χ4v) is 2.40.